The summed E-state index contributed by atoms with van der Waals surface area (Å²) in [6, 6.07) is 42.9. The van der Waals surface area contributed by atoms with E-state index in [4.69, 9.17) is 10.7 Å². The van der Waals surface area contributed by atoms with Crippen molar-refractivity contribution in [1.82, 2.24) is 14.4 Å². The number of hydrogen-bond donors (Lipinski definition) is 1. The van der Waals surface area contributed by atoms with Gasteiger partial charge in [-0.15, -0.1) is 0 Å². The van der Waals surface area contributed by atoms with Gasteiger partial charge in [0.05, 0.1) is 27.8 Å². The molecule has 0 radical (unpaired) electrons. The maximum atomic E-state index is 10.6. The van der Waals surface area contributed by atoms with Crippen molar-refractivity contribution in [2.24, 2.45) is 10.8 Å². The lowest BCUT2D eigenvalue weighted by atomic mass is 9.87. The van der Waals surface area contributed by atoms with Crippen LogP contribution >= 0.6 is 15.9 Å². The molecule has 0 saturated heterocycles. The average molecular weight is 884 g/mol. The molecular formula is C56H59BrN4O. The number of pyridine rings is 2. The molecule has 0 saturated carbocycles. The summed E-state index contributed by atoms with van der Waals surface area (Å²) >= 11 is 3.32. The Morgan fingerprint density at radius 1 is 0.613 bits per heavy atom. The largest absolute Gasteiger partial charge is 0.383 e. The summed E-state index contributed by atoms with van der Waals surface area (Å²) in [6.45, 7) is 22.1. The molecule has 0 spiro atoms. The van der Waals surface area contributed by atoms with Crippen LogP contribution in [-0.4, -0.2) is 20.7 Å². The Balaban J connectivity index is 0.000000155. The van der Waals surface area contributed by atoms with Crippen molar-refractivity contribution in [1.29, 1.82) is 0 Å². The number of nitrogens with zero attached hydrogens (tertiary/aromatic N) is 3. The number of aryl methyl sites for hydroxylation is 4. The molecule has 62 heavy (non-hydrogen) atoms. The average Bonchev–Trinajstić information content (AvgIpc) is 3.65. The van der Waals surface area contributed by atoms with E-state index >= 15 is 0 Å². The first-order chi connectivity index (χ1) is 29.4. The van der Waals surface area contributed by atoms with Crippen LogP contribution in [0, 0.1) is 38.5 Å². The molecular weight excluding hydrogens is 825 g/mol. The lowest BCUT2D eigenvalue weighted by Crippen LogP contribution is -2.09. The summed E-state index contributed by atoms with van der Waals surface area (Å²) in [6.07, 6.45) is 5.07. The zero-order valence-electron chi connectivity index (χ0n) is 37.9. The van der Waals surface area contributed by atoms with Crippen molar-refractivity contribution in [3.05, 3.63) is 166 Å². The molecule has 9 aromatic rings. The van der Waals surface area contributed by atoms with Crippen molar-refractivity contribution in [3.63, 3.8) is 0 Å². The first-order valence-corrected chi connectivity index (χ1v) is 22.5. The molecule has 0 aliphatic carbocycles. The van der Waals surface area contributed by atoms with E-state index in [0.717, 1.165) is 52.4 Å². The van der Waals surface area contributed by atoms with Gasteiger partial charge in [0.15, 0.2) is 0 Å². The number of fused-ring (bicyclic) bond motifs is 9. The van der Waals surface area contributed by atoms with E-state index in [1.165, 1.54) is 66.0 Å². The van der Waals surface area contributed by atoms with Gasteiger partial charge in [0.2, 0.25) is 0 Å². The zero-order valence-corrected chi connectivity index (χ0v) is 39.5. The second-order valence-electron chi connectivity index (χ2n) is 19.2. The van der Waals surface area contributed by atoms with E-state index in [0.29, 0.717) is 5.82 Å². The number of aldehydes is 1. The highest BCUT2D eigenvalue weighted by molar-refractivity contribution is 9.09. The first kappa shape index (κ1) is 44.2. The molecule has 0 aliphatic heterocycles. The van der Waals surface area contributed by atoms with Crippen molar-refractivity contribution in [2.45, 2.75) is 86.9 Å². The molecule has 316 valence electrons. The van der Waals surface area contributed by atoms with Crippen LogP contribution in [0.25, 0.3) is 60.3 Å². The van der Waals surface area contributed by atoms with Gasteiger partial charge in [-0.2, -0.15) is 0 Å². The van der Waals surface area contributed by atoms with E-state index in [1.807, 2.05) is 50.4 Å². The lowest BCUT2D eigenvalue weighted by Gasteiger charge is -2.19. The Morgan fingerprint density at radius 2 is 1.11 bits per heavy atom. The number of aromatic nitrogens is 3. The fraction of sp³-hybridized carbons (Fsp3) is 0.268. The van der Waals surface area contributed by atoms with Crippen LogP contribution < -0.4 is 5.73 Å². The van der Waals surface area contributed by atoms with Gasteiger partial charge < -0.3 is 10.5 Å². The second-order valence-corrected chi connectivity index (χ2v) is 20.2. The van der Waals surface area contributed by atoms with Crippen molar-refractivity contribution in [2.75, 3.05) is 5.73 Å². The Labute approximate surface area is 375 Å². The number of nitrogens with two attached hydrogens (primary N) is 1. The molecule has 3 aromatic heterocycles. The Morgan fingerprint density at radius 3 is 1.68 bits per heavy atom. The van der Waals surface area contributed by atoms with Gasteiger partial charge in [0, 0.05) is 27.1 Å². The van der Waals surface area contributed by atoms with Gasteiger partial charge in [-0.05, 0) is 125 Å². The number of imidazole rings is 1. The first-order valence-electron chi connectivity index (χ1n) is 21.5. The quantitative estimate of drug-likeness (QED) is 0.106. The molecule has 2 N–H and O–H groups in total. The van der Waals surface area contributed by atoms with Crippen LogP contribution in [0.3, 0.4) is 0 Å². The fourth-order valence-electron chi connectivity index (χ4n) is 8.89. The minimum absolute atomic E-state index is 0.168. The normalized spacial score (nSPS) is 12.3. The molecule has 5 nitrogen and oxygen atoms in total. The van der Waals surface area contributed by atoms with Crippen molar-refractivity contribution < 1.29 is 4.79 Å². The second kappa shape index (κ2) is 17.9. The van der Waals surface area contributed by atoms with Crippen molar-refractivity contribution in [3.8, 4) is 11.3 Å². The molecule has 0 fully saturated rings. The molecule has 3 heterocycles. The van der Waals surface area contributed by atoms with Crippen LogP contribution in [0.4, 0.5) is 5.82 Å². The Hall–Kier alpha value is -5.85. The number of carbonyl (C=O) groups excluding carboxylic acids is 1. The van der Waals surface area contributed by atoms with Gasteiger partial charge in [0.25, 0.3) is 0 Å². The third-order valence-corrected chi connectivity index (χ3v) is 12.1. The van der Waals surface area contributed by atoms with Crippen LogP contribution in [0.15, 0.2) is 128 Å². The number of hydrogen-bond acceptors (Lipinski definition) is 4. The fourth-order valence-corrected chi connectivity index (χ4v) is 9.61. The Kier molecular flexibility index (Phi) is 12.7. The summed E-state index contributed by atoms with van der Waals surface area (Å²) in [4.78, 5) is 19.8. The SMILES string of the molecule is CC(C)(C)Cc1ccc2nc(N)c3ccccc3c2c1.Cc1cccc(C)c1-c1cnc2c3ccccc3c3cc(CC(C)(C)C)ccc3n12.Cc1cccc(C)c1C(Br)C=O. The monoisotopic (exact) mass is 882 g/mol. The lowest BCUT2D eigenvalue weighted by molar-refractivity contribution is -0.107. The zero-order chi connectivity index (χ0) is 44.5. The highest BCUT2D eigenvalue weighted by Crippen LogP contribution is 2.37. The maximum absolute atomic E-state index is 10.6. The van der Waals surface area contributed by atoms with E-state index in [2.05, 4.69) is 172 Å². The van der Waals surface area contributed by atoms with E-state index in [-0.39, 0.29) is 15.7 Å². The highest BCUT2D eigenvalue weighted by atomic mass is 79.9. The topological polar surface area (TPSA) is 73.3 Å². The van der Waals surface area contributed by atoms with E-state index in [9.17, 15) is 4.79 Å². The van der Waals surface area contributed by atoms with Crippen molar-refractivity contribution >= 4 is 77.0 Å². The summed E-state index contributed by atoms with van der Waals surface area (Å²) in [5.74, 6) is 0.608. The summed E-state index contributed by atoms with van der Waals surface area (Å²) in [5, 5.41) is 7.19. The standard InChI is InChI=1S/C28H28N2.C18H20N2.C10H11BrO/c1-18-9-8-10-19(2)26(18)25-17-29-27-22-12-7-6-11-21(22)23-15-20(16-28(3,4)5)13-14-24(23)30(25)27;1-18(2,3)11-12-8-9-16-15(10-12)13-6-4-5-7-14(13)17(19)20-16;1-7-4-3-5-8(2)10(7)9(11)6-12/h6-15,17H,16H2,1-5H3;4-10H,11H2,1-3H3,(H2,19,20);3-6,9H,1-2H3. The summed E-state index contributed by atoms with van der Waals surface area (Å²) < 4.78 is 2.36. The number of halogens is 1. The van der Waals surface area contributed by atoms with E-state index < -0.39 is 0 Å². The minimum Gasteiger partial charge on any atom is -0.383 e. The molecule has 0 amide bonds. The van der Waals surface area contributed by atoms with Gasteiger partial charge in [-0.25, -0.2) is 9.97 Å². The smallest absolute Gasteiger partial charge is 0.145 e. The summed E-state index contributed by atoms with van der Waals surface area (Å²) in [5.41, 5.74) is 20.9. The Bertz CT molecular complexity index is 3050. The maximum Gasteiger partial charge on any atom is 0.145 e. The number of rotatable bonds is 5. The van der Waals surface area contributed by atoms with Crippen LogP contribution in [0.2, 0.25) is 0 Å². The molecule has 0 bridgehead atoms. The van der Waals surface area contributed by atoms with E-state index in [1.54, 1.807) is 0 Å². The molecule has 1 atom stereocenters. The number of nitrogen functional groups attached to an aromatic ring is 1. The van der Waals surface area contributed by atoms with Crippen LogP contribution in [-0.2, 0) is 17.6 Å². The predicted octanol–water partition coefficient (Wildman–Crippen LogP) is 15.0. The van der Waals surface area contributed by atoms with Crippen LogP contribution in [0.5, 0.6) is 0 Å². The number of anilines is 1. The van der Waals surface area contributed by atoms with Gasteiger partial charge in [0.1, 0.15) is 17.8 Å². The number of carbonyl (C=O) groups is 1. The molecule has 6 heteroatoms. The molecule has 1 unspecified atom stereocenters. The predicted molar refractivity (Wildman–Crippen MR) is 269 cm³/mol. The number of alkyl halides is 1. The molecule has 9 rings (SSSR count). The van der Waals surface area contributed by atoms with Gasteiger partial charge >= 0.3 is 0 Å². The van der Waals surface area contributed by atoms with Gasteiger partial charge in [-0.1, -0.05) is 155 Å². The molecule has 6 aromatic carbocycles. The number of benzene rings is 6. The molecule has 0 aliphatic rings. The van der Waals surface area contributed by atoms with Gasteiger partial charge in [-0.3, -0.25) is 4.40 Å². The summed E-state index contributed by atoms with van der Waals surface area (Å²) in [7, 11) is 0. The third kappa shape index (κ3) is 9.46. The third-order valence-electron chi connectivity index (χ3n) is 11.5. The minimum atomic E-state index is -0.168. The highest BCUT2D eigenvalue weighted by Gasteiger charge is 2.19. The van der Waals surface area contributed by atoms with Crippen LogP contribution in [0.1, 0.15) is 85.3 Å².